The molecule has 1 amide bonds. The molecule has 0 aromatic carbocycles. The molecule has 0 aliphatic heterocycles. The summed E-state index contributed by atoms with van der Waals surface area (Å²) in [6.07, 6.45) is 4.21. The number of nitrogens with one attached hydrogen (secondary N) is 1. The van der Waals surface area contributed by atoms with Crippen LogP contribution in [0.1, 0.15) is 39.5 Å². The van der Waals surface area contributed by atoms with Crippen LogP contribution in [-0.4, -0.2) is 22.5 Å². The van der Waals surface area contributed by atoms with Crippen molar-refractivity contribution in [2.75, 3.05) is 0 Å². The van der Waals surface area contributed by atoms with Crippen LogP contribution in [0.5, 0.6) is 0 Å². The molecule has 1 aliphatic carbocycles. The molecule has 0 saturated heterocycles. The number of carbonyl (C=O) groups excluding carboxylic acids is 1. The Balaban J connectivity index is 2.61. The summed E-state index contributed by atoms with van der Waals surface area (Å²) in [5, 5.41) is 11.6. The minimum atomic E-state index is -0.998. The van der Waals surface area contributed by atoms with E-state index in [0.717, 1.165) is 18.4 Å². The molecule has 15 heavy (non-hydrogen) atoms. The monoisotopic (exact) mass is 211 g/mol. The fraction of sp³-hybridized carbons (Fsp3) is 0.636. The van der Waals surface area contributed by atoms with E-state index in [2.05, 4.69) is 5.32 Å². The number of amides is 1. The Kier molecular flexibility index (Phi) is 3.50. The van der Waals surface area contributed by atoms with Crippen molar-refractivity contribution in [2.45, 2.75) is 45.1 Å². The fourth-order valence-electron chi connectivity index (χ4n) is 1.52. The van der Waals surface area contributed by atoms with Gasteiger partial charge in [0.2, 0.25) is 5.91 Å². The van der Waals surface area contributed by atoms with Gasteiger partial charge in [-0.1, -0.05) is 12.5 Å². The summed E-state index contributed by atoms with van der Waals surface area (Å²) in [5.41, 5.74) is -0.0471. The number of hydrogen-bond acceptors (Lipinski definition) is 2. The second-order valence-corrected chi connectivity index (χ2v) is 4.07. The zero-order valence-corrected chi connectivity index (χ0v) is 9.17. The van der Waals surface area contributed by atoms with Crippen LogP contribution >= 0.6 is 0 Å². The molecule has 0 bridgehead atoms. The summed E-state index contributed by atoms with van der Waals surface area (Å²) in [7, 11) is 0. The third kappa shape index (κ3) is 2.58. The van der Waals surface area contributed by atoms with Crippen molar-refractivity contribution in [2.24, 2.45) is 0 Å². The number of carboxylic acids is 1. The maximum Gasteiger partial charge on any atom is 0.329 e. The van der Waals surface area contributed by atoms with E-state index in [0.29, 0.717) is 12.8 Å². The van der Waals surface area contributed by atoms with Crippen LogP contribution in [-0.2, 0) is 9.59 Å². The van der Waals surface area contributed by atoms with Crippen molar-refractivity contribution in [1.82, 2.24) is 5.32 Å². The highest BCUT2D eigenvalue weighted by molar-refractivity contribution is 5.93. The Labute approximate surface area is 89.4 Å². The molecule has 0 aromatic rings. The minimum Gasteiger partial charge on any atom is -0.480 e. The van der Waals surface area contributed by atoms with Gasteiger partial charge in [0.05, 0.1) is 0 Å². The van der Waals surface area contributed by atoms with E-state index in [9.17, 15) is 9.59 Å². The van der Waals surface area contributed by atoms with Gasteiger partial charge < -0.3 is 10.4 Å². The summed E-state index contributed by atoms with van der Waals surface area (Å²) < 4.78 is 0. The topological polar surface area (TPSA) is 66.4 Å². The summed E-state index contributed by atoms with van der Waals surface area (Å²) in [4.78, 5) is 22.4. The average molecular weight is 211 g/mol. The molecule has 0 unspecified atom stereocenters. The van der Waals surface area contributed by atoms with Crippen molar-refractivity contribution >= 4 is 11.9 Å². The minimum absolute atomic E-state index is 0.295. The Morgan fingerprint density at radius 2 is 2.07 bits per heavy atom. The lowest BCUT2D eigenvalue weighted by atomic mass is 9.77. The maximum atomic E-state index is 11.5. The van der Waals surface area contributed by atoms with Gasteiger partial charge in [-0.05, 0) is 32.6 Å². The quantitative estimate of drug-likeness (QED) is 0.692. The van der Waals surface area contributed by atoms with Crippen LogP contribution < -0.4 is 5.32 Å². The largest absolute Gasteiger partial charge is 0.480 e. The fourth-order valence-corrected chi connectivity index (χ4v) is 1.52. The molecule has 4 heteroatoms. The zero-order chi connectivity index (χ0) is 11.5. The molecule has 0 heterocycles. The van der Waals surface area contributed by atoms with E-state index in [1.807, 2.05) is 13.8 Å². The summed E-state index contributed by atoms with van der Waals surface area (Å²) in [5.74, 6) is -1.22. The van der Waals surface area contributed by atoms with E-state index >= 15 is 0 Å². The van der Waals surface area contributed by atoms with Gasteiger partial charge in [0.25, 0.3) is 0 Å². The van der Waals surface area contributed by atoms with Crippen molar-refractivity contribution in [3.63, 3.8) is 0 Å². The molecule has 0 spiro atoms. The van der Waals surface area contributed by atoms with Gasteiger partial charge in [-0.15, -0.1) is 0 Å². The molecule has 0 atom stereocenters. The lowest BCUT2D eigenvalue weighted by molar-refractivity contribution is -0.151. The second-order valence-electron chi connectivity index (χ2n) is 4.07. The third-order valence-electron chi connectivity index (χ3n) is 2.91. The highest BCUT2D eigenvalue weighted by Crippen LogP contribution is 2.31. The molecular weight excluding hydrogens is 194 g/mol. The van der Waals surface area contributed by atoms with Crippen LogP contribution in [0.4, 0.5) is 0 Å². The first kappa shape index (κ1) is 11.8. The first-order chi connectivity index (χ1) is 7.00. The van der Waals surface area contributed by atoms with Crippen molar-refractivity contribution in [3.05, 3.63) is 11.6 Å². The smallest absolute Gasteiger partial charge is 0.329 e. The standard InChI is InChI=1S/C11H17NO3/c1-3-8(2)7-9(13)12-11(10(14)15)5-4-6-11/h7H,3-6H2,1-2H3,(H,12,13)(H,14,15). The first-order valence-corrected chi connectivity index (χ1v) is 5.23. The number of hydrogen-bond donors (Lipinski definition) is 2. The normalized spacial score (nSPS) is 19.2. The van der Waals surface area contributed by atoms with Gasteiger partial charge >= 0.3 is 5.97 Å². The number of allylic oxidation sites excluding steroid dienone is 1. The van der Waals surface area contributed by atoms with Crippen LogP contribution in [0.25, 0.3) is 0 Å². The van der Waals surface area contributed by atoms with E-state index in [-0.39, 0.29) is 5.91 Å². The van der Waals surface area contributed by atoms with Crippen molar-refractivity contribution < 1.29 is 14.7 Å². The Hall–Kier alpha value is -1.32. The molecule has 1 saturated carbocycles. The third-order valence-corrected chi connectivity index (χ3v) is 2.91. The van der Waals surface area contributed by atoms with Crippen LogP contribution in [0.3, 0.4) is 0 Å². The van der Waals surface area contributed by atoms with E-state index < -0.39 is 11.5 Å². The predicted octanol–water partition coefficient (Wildman–Crippen LogP) is 1.47. The average Bonchev–Trinajstić information content (AvgIpc) is 2.10. The summed E-state index contributed by atoms with van der Waals surface area (Å²) >= 11 is 0. The van der Waals surface area contributed by atoms with Crippen molar-refractivity contribution in [3.8, 4) is 0 Å². The van der Waals surface area contributed by atoms with Crippen LogP contribution in [0.2, 0.25) is 0 Å². The summed E-state index contributed by atoms with van der Waals surface area (Å²) in [6.45, 7) is 3.81. The number of rotatable bonds is 4. The molecule has 2 N–H and O–H groups in total. The summed E-state index contributed by atoms with van der Waals surface area (Å²) in [6, 6.07) is 0. The second kappa shape index (κ2) is 4.47. The highest BCUT2D eigenvalue weighted by atomic mass is 16.4. The van der Waals surface area contributed by atoms with Gasteiger partial charge in [0.15, 0.2) is 0 Å². The molecule has 4 nitrogen and oxygen atoms in total. The van der Waals surface area contributed by atoms with Gasteiger partial charge in [0.1, 0.15) is 5.54 Å². The Morgan fingerprint density at radius 3 is 2.40 bits per heavy atom. The molecular formula is C11H17NO3. The molecule has 0 radical (unpaired) electrons. The lowest BCUT2D eigenvalue weighted by Gasteiger charge is -2.37. The Morgan fingerprint density at radius 1 is 1.47 bits per heavy atom. The van der Waals surface area contributed by atoms with Gasteiger partial charge in [-0.2, -0.15) is 0 Å². The Bertz CT molecular complexity index is 303. The SMILES string of the molecule is CCC(C)=CC(=O)NC1(C(=O)O)CCC1. The number of carbonyl (C=O) groups is 2. The predicted molar refractivity (Wildman–Crippen MR) is 56.4 cm³/mol. The lowest BCUT2D eigenvalue weighted by Crippen LogP contribution is -2.58. The molecule has 1 rings (SSSR count). The van der Waals surface area contributed by atoms with Crippen LogP contribution in [0, 0.1) is 0 Å². The van der Waals surface area contributed by atoms with E-state index in [1.165, 1.54) is 6.08 Å². The van der Waals surface area contributed by atoms with Crippen LogP contribution in [0.15, 0.2) is 11.6 Å². The zero-order valence-electron chi connectivity index (χ0n) is 9.17. The van der Waals surface area contributed by atoms with Gasteiger partial charge in [-0.3, -0.25) is 4.79 Å². The highest BCUT2D eigenvalue weighted by Gasteiger charge is 2.45. The molecule has 1 aliphatic rings. The van der Waals surface area contributed by atoms with E-state index in [4.69, 9.17) is 5.11 Å². The van der Waals surface area contributed by atoms with Gasteiger partial charge in [-0.25, -0.2) is 4.79 Å². The maximum absolute atomic E-state index is 11.5. The van der Waals surface area contributed by atoms with E-state index in [1.54, 1.807) is 0 Å². The number of carboxylic acid groups (broad SMARTS) is 1. The van der Waals surface area contributed by atoms with Crippen molar-refractivity contribution in [1.29, 1.82) is 0 Å². The molecule has 84 valence electrons. The molecule has 1 fully saturated rings. The van der Waals surface area contributed by atoms with Gasteiger partial charge in [0, 0.05) is 6.08 Å². The first-order valence-electron chi connectivity index (χ1n) is 5.23. The molecule has 0 aromatic heterocycles. The number of aliphatic carboxylic acids is 1.